The van der Waals surface area contributed by atoms with E-state index in [9.17, 15) is 18.3 Å². The lowest BCUT2D eigenvalue weighted by Gasteiger charge is -2.20. The molecule has 0 aliphatic carbocycles. The fourth-order valence-corrected chi connectivity index (χ4v) is 4.81. The van der Waals surface area contributed by atoms with E-state index in [1.807, 2.05) is 7.05 Å². The Labute approximate surface area is 154 Å². The summed E-state index contributed by atoms with van der Waals surface area (Å²) in [5, 5.41) is 15.2. The van der Waals surface area contributed by atoms with Crippen LogP contribution in [-0.4, -0.2) is 80.6 Å². The lowest BCUT2D eigenvalue weighted by atomic mass is 10.2. The second kappa shape index (κ2) is 8.01. The first-order valence-corrected chi connectivity index (χ1v) is 10.3. The number of hydrogen-bond acceptors (Lipinski definition) is 6. The molecule has 1 amide bonds. The van der Waals surface area contributed by atoms with Gasteiger partial charge in [0.15, 0.2) is 0 Å². The summed E-state index contributed by atoms with van der Waals surface area (Å²) in [6.45, 7) is 2.91. The Morgan fingerprint density at radius 1 is 1.27 bits per heavy atom. The van der Waals surface area contributed by atoms with Crippen LogP contribution >= 0.6 is 0 Å². The first-order valence-electron chi connectivity index (χ1n) is 8.87. The molecule has 0 spiro atoms. The number of sulfonamides is 1. The van der Waals surface area contributed by atoms with E-state index in [1.54, 1.807) is 18.2 Å². The van der Waals surface area contributed by atoms with Crippen molar-refractivity contribution in [3.63, 3.8) is 0 Å². The maximum atomic E-state index is 12.9. The van der Waals surface area contributed by atoms with Gasteiger partial charge in [-0.3, -0.25) is 4.79 Å². The molecule has 2 saturated heterocycles. The van der Waals surface area contributed by atoms with Crippen LogP contribution in [0.4, 0.5) is 5.69 Å². The number of rotatable bonds is 4. The number of anilines is 1. The third-order valence-electron chi connectivity index (χ3n) is 4.84. The molecule has 0 saturated carbocycles. The monoisotopic (exact) mass is 382 g/mol. The van der Waals surface area contributed by atoms with Crippen LogP contribution in [0.25, 0.3) is 0 Å². The Balaban J connectivity index is 1.72. The van der Waals surface area contributed by atoms with Crippen molar-refractivity contribution in [2.75, 3.05) is 45.1 Å². The van der Waals surface area contributed by atoms with Gasteiger partial charge in [0.1, 0.15) is 0 Å². The number of aliphatic hydroxyl groups excluding tert-OH is 1. The van der Waals surface area contributed by atoms with E-state index >= 15 is 0 Å². The van der Waals surface area contributed by atoms with E-state index in [2.05, 4.69) is 15.5 Å². The first kappa shape index (κ1) is 19.2. The number of nitrogens with zero attached hydrogens (tertiary/aromatic N) is 2. The molecule has 2 fully saturated rings. The molecule has 3 N–H and O–H groups in total. The topological polar surface area (TPSA) is 102 Å². The summed E-state index contributed by atoms with van der Waals surface area (Å²) < 4.78 is 27.4. The van der Waals surface area contributed by atoms with Gasteiger partial charge in [0.05, 0.1) is 17.0 Å². The van der Waals surface area contributed by atoms with Crippen LogP contribution in [0.3, 0.4) is 0 Å². The largest absolute Gasteiger partial charge is 0.392 e. The molecule has 0 radical (unpaired) electrons. The quantitative estimate of drug-likeness (QED) is 0.659. The SMILES string of the molecule is CN1CCCN(S(=O)(=O)c2cccc(NC(=O)C3CC(O)CN3)c2)CC1. The van der Waals surface area contributed by atoms with Gasteiger partial charge in [0, 0.05) is 31.9 Å². The third kappa shape index (κ3) is 4.41. The molecule has 9 heteroatoms. The van der Waals surface area contributed by atoms with Gasteiger partial charge in [-0.2, -0.15) is 4.31 Å². The number of carbonyl (C=O) groups excluding carboxylic acids is 1. The average molecular weight is 382 g/mol. The molecule has 2 heterocycles. The fourth-order valence-electron chi connectivity index (χ4n) is 3.29. The van der Waals surface area contributed by atoms with E-state index in [1.165, 1.54) is 10.4 Å². The predicted molar refractivity (Wildman–Crippen MR) is 98.4 cm³/mol. The van der Waals surface area contributed by atoms with Crippen molar-refractivity contribution < 1.29 is 18.3 Å². The molecule has 144 valence electrons. The zero-order valence-electron chi connectivity index (χ0n) is 14.9. The van der Waals surface area contributed by atoms with Gasteiger partial charge in [0.2, 0.25) is 15.9 Å². The first-order chi connectivity index (χ1) is 12.4. The third-order valence-corrected chi connectivity index (χ3v) is 6.74. The number of carbonyl (C=O) groups is 1. The smallest absolute Gasteiger partial charge is 0.243 e. The highest BCUT2D eigenvalue weighted by Crippen LogP contribution is 2.21. The number of nitrogens with one attached hydrogen (secondary N) is 2. The maximum Gasteiger partial charge on any atom is 0.243 e. The summed E-state index contributed by atoms with van der Waals surface area (Å²) in [4.78, 5) is 14.6. The minimum Gasteiger partial charge on any atom is -0.392 e. The van der Waals surface area contributed by atoms with Gasteiger partial charge in [0.25, 0.3) is 0 Å². The van der Waals surface area contributed by atoms with Crippen molar-refractivity contribution in [1.29, 1.82) is 0 Å². The van der Waals surface area contributed by atoms with Gasteiger partial charge >= 0.3 is 0 Å². The van der Waals surface area contributed by atoms with Crippen LogP contribution < -0.4 is 10.6 Å². The van der Waals surface area contributed by atoms with Crippen LogP contribution in [-0.2, 0) is 14.8 Å². The van der Waals surface area contributed by atoms with E-state index in [0.29, 0.717) is 38.3 Å². The van der Waals surface area contributed by atoms with Crippen molar-refractivity contribution >= 4 is 21.6 Å². The minimum atomic E-state index is -3.60. The molecule has 0 bridgehead atoms. The fraction of sp³-hybridized carbons (Fsp3) is 0.588. The van der Waals surface area contributed by atoms with Crippen molar-refractivity contribution in [1.82, 2.24) is 14.5 Å². The zero-order valence-corrected chi connectivity index (χ0v) is 15.7. The van der Waals surface area contributed by atoms with Gasteiger partial charge in [-0.25, -0.2) is 8.42 Å². The number of benzene rings is 1. The van der Waals surface area contributed by atoms with Gasteiger partial charge in [-0.15, -0.1) is 0 Å². The van der Waals surface area contributed by atoms with E-state index in [-0.39, 0.29) is 10.8 Å². The lowest BCUT2D eigenvalue weighted by Crippen LogP contribution is -2.36. The number of likely N-dealkylation sites (N-methyl/N-ethyl adjacent to an activating group) is 1. The normalized spacial score (nSPS) is 25.8. The molecule has 1 aromatic rings. The van der Waals surface area contributed by atoms with Crippen molar-refractivity contribution in [2.45, 2.75) is 29.9 Å². The van der Waals surface area contributed by atoms with E-state index in [4.69, 9.17) is 0 Å². The summed E-state index contributed by atoms with van der Waals surface area (Å²) in [5.41, 5.74) is 0.436. The van der Waals surface area contributed by atoms with E-state index < -0.39 is 22.2 Å². The van der Waals surface area contributed by atoms with Crippen molar-refractivity contribution in [3.8, 4) is 0 Å². The van der Waals surface area contributed by atoms with Crippen LogP contribution in [0.5, 0.6) is 0 Å². The number of amides is 1. The van der Waals surface area contributed by atoms with Gasteiger partial charge in [-0.05, 0) is 44.6 Å². The number of β-amino-alcohol motifs (C(OH)–C–C–N with tert-alkyl or cyclic N) is 1. The summed E-state index contributed by atoms with van der Waals surface area (Å²) in [6.07, 6.45) is 0.617. The summed E-state index contributed by atoms with van der Waals surface area (Å²) in [7, 11) is -1.61. The zero-order chi connectivity index (χ0) is 18.7. The highest BCUT2D eigenvalue weighted by atomic mass is 32.2. The van der Waals surface area contributed by atoms with Crippen LogP contribution in [0.1, 0.15) is 12.8 Å². The lowest BCUT2D eigenvalue weighted by molar-refractivity contribution is -0.117. The molecule has 1 aromatic carbocycles. The number of hydrogen-bond donors (Lipinski definition) is 3. The average Bonchev–Trinajstić information content (AvgIpc) is 2.92. The van der Waals surface area contributed by atoms with Crippen molar-refractivity contribution in [3.05, 3.63) is 24.3 Å². The summed E-state index contributed by atoms with van der Waals surface area (Å²) >= 11 is 0. The molecule has 26 heavy (non-hydrogen) atoms. The maximum absolute atomic E-state index is 12.9. The molecule has 2 unspecified atom stereocenters. The Bertz CT molecular complexity index is 755. The molecular weight excluding hydrogens is 356 g/mol. The van der Waals surface area contributed by atoms with E-state index in [0.717, 1.165) is 13.0 Å². The second-order valence-corrected chi connectivity index (χ2v) is 8.87. The van der Waals surface area contributed by atoms with Crippen molar-refractivity contribution in [2.24, 2.45) is 0 Å². The molecule has 8 nitrogen and oxygen atoms in total. The van der Waals surface area contributed by atoms with Crippen LogP contribution in [0, 0.1) is 0 Å². The summed E-state index contributed by atoms with van der Waals surface area (Å²) in [5.74, 6) is -0.271. The highest BCUT2D eigenvalue weighted by Gasteiger charge is 2.29. The predicted octanol–water partition coefficient (Wildman–Crippen LogP) is -0.326. The van der Waals surface area contributed by atoms with Crippen LogP contribution in [0.2, 0.25) is 0 Å². The molecule has 2 aliphatic heterocycles. The van der Waals surface area contributed by atoms with Gasteiger partial charge in [-0.1, -0.05) is 6.07 Å². The summed E-state index contributed by atoms with van der Waals surface area (Å²) in [6, 6.07) is 5.87. The minimum absolute atomic E-state index is 0.180. The Kier molecular flexibility index (Phi) is 5.93. The number of aliphatic hydroxyl groups is 1. The molecule has 0 aromatic heterocycles. The van der Waals surface area contributed by atoms with Gasteiger partial charge < -0.3 is 20.6 Å². The Hall–Kier alpha value is -1.52. The highest BCUT2D eigenvalue weighted by molar-refractivity contribution is 7.89. The molecule has 2 atom stereocenters. The molecule has 3 rings (SSSR count). The Morgan fingerprint density at radius 3 is 2.81 bits per heavy atom. The van der Waals surface area contributed by atoms with Crippen LogP contribution in [0.15, 0.2) is 29.2 Å². The second-order valence-electron chi connectivity index (χ2n) is 6.93. The molecule has 2 aliphatic rings. The standard InChI is InChI=1S/C17H26N4O4S/c1-20-6-3-7-21(9-8-20)26(24,25)15-5-2-4-13(10-15)19-17(23)16-11-14(22)12-18-16/h2,4-5,10,14,16,18,22H,3,6-9,11-12H2,1H3,(H,19,23). The molecular formula is C17H26N4O4S. The Morgan fingerprint density at radius 2 is 2.08 bits per heavy atom.